The molecule has 74 valence electrons. The summed E-state index contributed by atoms with van der Waals surface area (Å²) in [4.78, 5) is 23.9. The first-order valence-electron chi connectivity index (χ1n) is 4.21. The molecule has 0 bridgehead atoms. The van der Waals surface area contributed by atoms with Crippen molar-refractivity contribution in [2.75, 3.05) is 27.2 Å². The highest BCUT2D eigenvalue weighted by molar-refractivity contribution is 6.32. The summed E-state index contributed by atoms with van der Waals surface area (Å²) in [7, 11) is 3.17. The fourth-order valence-electron chi connectivity index (χ4n) is 1.39. The van der Waals surface area contributed by atoms with Gasteiger partial charge in [0.25, 0.3) is 0 Å². The van der Waals surface area contributed by atoms with E-state index in [2.05, 4.69) is 15.0 Å². The number of carbonyl (C=O) groups excluding carboxylic acids is 2. The van der Waals surface area contributed by atoms with E-state index in [0.717, 1.165) is 19.5 Å². The van der Waals surface area contributed by atoms with Gasteiger partial charge in [-0.25, -0.2) is 4.79 Å². The van der Waals surface area contributed by atoms with E-state index in [9.17, 15) is 9.59 Å². The monoisotopic (exact) mass is 186 g/mol. The van der Waals surface area contributed by atoms with Crippen molar-refractivity contribution in [3.05, 3.63) is 0 Å². The van der Waals surface area contributed by atoms with Crippen molar-refractivity contribution in [2.24, 2.45) is 0 Å². The molecule has 1 saturated heterocycles. The molecular weight excluding hydrogens is 172 g/mol. The van der Waals surface area contributed by atoms with E-state index >= 15 is 0 Å². The number of carbonyl (C=O) groups is 2. The van der Waals surface area contributed by atoms with E-state index in [1.54, 1.807) is 0 Å². The molecule has 5 heteroatoms. The number of hydrogen-bond donors (Lipinski definition) is 1. The largest absolute Gasteiger partial charge is 0.462 e. The number of ether oxygens (including phenoxy) is 1. The van der Waals surface area contributed by atoms with Crippen molar-refractivity contribution < 1.29 is 14.3 Å². The van der Waals surface area contributed by atoms with Gasteiger partial charge in [-0.1, -0.05) is 0 Å². The number of esters is 1. The second kappa shape index (κ2) is 4.23. The van der Waals surface area contributed by atoms with Crippen molar-refractivity contribution in [3.8, 4) is 0 Å². The normalized spacial score (nSPS) is 22.8. The van der Waals surface area contributed by atoms with Crippen LogP contribution >= 0.6 is 0 Å². The predicted octanol–water partition coefficient (Wildman–Crippen LogP) is -1.02. The van der Waals surface area contributed by atoms with E-state index in [-0.39, 0.29) is 6.04 Å². The summed E-state index contributed by atoms with van der Waals surface area (Å²) in [5.74, 6) is -1.47. The van der Waals surface area contributed by atoms with Gasteiger partial charge in [-0.05, 0) is 20.0 Å². The fourth-order valence-corrected chi connectivity index (χ4v) is 1.39. The van der Waals surface area contributed by atoms with Gasteiger partial charge >= 0.3 is 11.9 Å². The zero-order valence-corrected chi connectivity index (χ0v) is 7.87. The van der Waals surface area contributed by atoms with E-state index < -0.39 is 11.9 Å². The molecule has 0 radical (unpaired) electrons. The average Bonchev–Trinajstić information content (AvgIpc) is 2.49. The maximum absolute atomic E-state index is 11.0. The molecule has 1 aliphatic heterocycles. The smallest absolute Gasteiger partial charge is 0.396 e. The number of hydrogen-bond acceptors (Lipinski definition) is 4. The predicted molar refractivity (Wildman–Crippen MR) is 46.1 cm³/mol. The van der Waals surface area contributed by atoms with E-state index in [1.807, 2.05) is 7.05 Å². The lowest BCUT2D eigenvalue weighted by Gasteiger charge is -2.11. The van der Waals surface area contributed by atoms with Gasteiger partial charge < -0.3 is 15.0 Å². The van der Waals surface area contributed by atoms with Gasteiger partial charge in [0.15, 0.2) is 0 Å². The first-order chi connectivity index (χ1) is 6.13. The third kappa shape index (κ3) is 2.69. The van der Waals surface area contributed by atoms with Crippen molar-refractivity contribution >= 4 is 11.9 Å². The Kier molecular flexibility index (Phi) is 3.25. The molecule has 1 unspecified atom stereocenters. The molecule has 1 rings (SSSR count). The van der Waals surface area contributed by atoms with Crippen LogP contribution in [-0.4, -0.2) is 50.1 Å². The first-order valence-corrected chi connectivity index (χ1v) is 4.21. The van der Waals surface area contributed by atoms with Gasteiger partial charge in [-0.2, -0.15) is 0 Å². The zero-order valence-electron chi connectivity index (χ0n) is 7.87. The maximum Gasteiger partial charge on any atom is 0.396 e. The summed E-state index contributed by atoms with van der Waals surface area (Å²) < 4.78 is 4.28. The lowest BCUT2D eigenvalue weighted by atomic mass is 10.2. The number of nitrogens with one attached hydrogen (secondary N) is 1. The van der Waals surface area contributed by atoms with Crippen LogP contribution in [0.25, 0.3) is 0 Å². The van der Waals surface area contributed by atoms with Gasteiger partial charge in [0, 0.05) is 12.6 Å². The molecule has 0 saturated carbocycles. The first kappa shape index (κ1) is 9.98. The molecule has 0 spiro atoms. The highest BCUT2D eigenvalue weighted by Gasteiger charge is 2.24. The molecule has 0 aromatic carbocycles. The molecule has 0 aromatic heterocycles. The van der Waals surface area contributed by atoms with E-state index in [1.165, 1.54) is 7.11 Å². The quantitative estimate of drug-likeness (QED) is 0.420. The number of nitrogens with zero attached hydrogens (tertiary/aromatic N) is 1. The van der Waals surface area contributed by atoms with Crippen LogP contribution in [0.3, 0.4) is 0 Å². The number of likely N-dealkylation sites (tertiary alicyclic amines) is 1. The van der Waals surface area contributed by atoms with Gasteiger partial charge in [-0.15, -0.1) is 0 Å². The van der Waals surface area contributed by atoms with Crippen molar-refractivity contribution in [2.45, 2.75) is 12.5 Å². The minimum absolute atomic E-state index is 0.0802. The number of likely N-dealkylation sites (N-methyl/N-ethyl adjacent to an activating group) is 1. The lowest BCUT2D eigenvalue weighted by Crippen LogP contribution is -2.40. The molecule has 1 atom stereocenters. The summed E-state index contributed by atoms with van der Waals surface area (Å²) in [5.41, 5.74) is 0. The van der Waals surface area contributed by atoms with Crippen LogP contribution in [-0.2, 0) is 14.3 Å². The molecule has 1 aliphatic rings. The topological polar surface area (TPSA) is 58.6 Å². The molecule has 1 amide bonds. The Morgan fingerprint density at radius 2 is 2.23 bits per heavy atom. The Morgan fingerprint density at radius 1 is 1.54 bits per heavy atom. The summed E-state index contributed by atoms with van der Waals surface area (Å²) in [6, 6.07) is 0.0802. The second-order valence-corrected chi connectivity index (χ2v) is 3.21. The molecule has 5 nitrogen and oxygen atoms in total. The highest BCUT2D eigenvalue weighted by Crippen LogP contribution is 2.05. The summed E-state index contributed by atoms with van der Waals surface area (Å²) >= 11 is 0. The Bertz CT molecular complexity index is 217. The third-order valence-electron chi connectivity index (χ3n) is 2.10. The van der Waals surface area contributed by atoms with Crippen LogP contribution in [0.2, 0.25) is 0 Å². The highest BCUT2D eigenvalue weighted by atomic mass is 16.5. The van der Waals surface area contributed by atoms with Gasteiger partial charge in [0.2, 0.25) is 0 Å². The van der Waals surface area contributed by atoms with Crippen molar-refractivity contribution in [3.63, 3.8) is 0 Å². The zero-order chi connectivity index (χ0) is 9.84. The van der Waals surface area contributed by atoms with E-state index in [4.69, 9.17) is 0 Å². The number of amides is 1. The van der Waals surface area contributed by atoms with Crippen LogP contribution < -0.4 is 5.32 Å². The Labute approximate surface area is 77.0 Å². The maximum atomic E-state index is 11.0. The van der Waals surface area contributed by atoms with Crippen LogP contribution in [0.1, 0.15) is 6.42 Å². The van der Waals surface area contributed by atoms with Crippen molar-refractivity contribution in [1.82, 2.24) is 10.2 Å². The van der Waals surface area contributed by atoms with Gasteiger partial charge in [0.1, 0.15) is 0 Å². The second-order valence-electron chi connectivity index (χ2n) is 3.21. The minimum atomic E-state index is -0.824. The van der Waals surface area contributed by atoms with Crippen molar-refractivity contribution in [1.29, 1.82) is 0 Å². The summed E-state index contributed by atoms with van der Waals surface area (Å²) in [6.45, 7) is 1.74. The van der Waals surface area contributed by atoms with Crippen LogP contribution in [0.15, 0.2) is 0 Å². The summed E-state index contributed by atoms with van der Waals surface area (Å²) in [6.07, 6.45) is 0.888. The number of methoxy groups -OCH3 is 1. The molecule has 0 aromatic rings. The Balaban J connectivity index is 2.32. The fraction of sp³-hybridized carbons (Fsp3) is 0.750. The van der Waals surface area contributed by atoms with Gasteiger partial charge in [-0.3, -0.25) is 4.79 Å². The Morgan fingerprint density at radius 3 is 2.69 bits per heavy atom. The third-order valence-corrected chi connectivity index (χ3v) is 2.10. The average molecular weight is 186 g/mol. The van der Waals surface area contributed by atoms with Gasteiger partial charge in [0.05, 0.1) is 7.11 Å². The van der Waals surface area contributed by atoms with E-state index in [0.29, 0.717) is 0 Å². The molecule has 13 heavy (non-hydrogen) atoms. The Hall–Kier alpha value is -1.10. The number of rotatable bonds is 1. The van der Waals surface area contributed by atoms with Crippen LogP contribution in [0, 0.1) is 0 Å². The SMILES string of the molecule is COC(=O)C(=O)NC1CCN(C)C1. The van der Waals surface area contributed by atoms with Crippen LogP contribution in [0.5, 0.6) is 0 Å². The molecular formula is C8H14N2O3. The minimum Gasteiger partial charge on any atom is -0.462 e. The molecule has 1 fully saturated rings. The lowest BCUT2D eigenvalue weighted by molar-refractivity contribution is -0.153. The van der Waals surface area contributed by atoms with Crippen LogP contribution in [0.4, 0.5) is 0 Å². The standard InChI is InChI=1S/C8H14N2O3/c1-10-4-3-6(5-10)9-7(11)8(12)13-2/h6H,3-5H2,1-2H3,(H,9,11). The molecule has 1 heterocycles. The molecule has 1 N–H and O–H groups in total. The summed E-state index contributed by atoms with van der Waals surface area (Å²) in [5, 5.41) is 2.60. The molecule has 0 aliphatic carbocycles.